The lowest BCUT2D eigenvalue weighted by Gasteiger charge is -2.20. The van der Waals surface area contributed by atoms with E-state index in [9.17, 15) is 18.3 Å². The van der Waals surface area contributed by atoms with Crippen LogP contribution in [0, 0.1) is 0 Å². The molecule has 2 unspecified atom stereocenters. The highest BCUT2D eigenvalue weighted by molar-refractivity contribution is 7.91. The van der Waals surface area contributed by atoms with Crippen LogP contribution < -0.4 is 10.0 Å². The first-order chi connectivity index (χ1) is 16.4. The normalized spacial score (nSPS) is 13.6. The zero-order chi connectivity index (χ0) is 25.1. The van der Waals surface area contributed by atoms with E-state index in [0.29, 0.717) is 6.54 Å². The van der Waals surface area contributed by atoms with Crippen molar-refractivity contribution in [2.45, 2.75) is 133 Å². The summed E-state index contributed by atoms with van der Waals surface area (Å²) in [6, 6.07) is 1.90. The number of aliphatic hydroxyl groups excluding tert-OH is 1. The molecule has 0 aliphatic heterocycles. The van der Waals surface area contributed by atoms with Crippen molar-refractivity contribution in [1.29, 1.82) is 0 Å². The van der Waals surface area contributed by atoms with Crippen molar-refractivity contribution in [3.8, 4) is 0 Å². The van der Waals surface area contributed by atoms with Gasteiger partial charge in [-0.05, 0) is 24.8 Å². The minimum Gasteiger partial charge on any atom is -0.391 e. The summed E-state index contributed by atoms with van der Waals surface area (Å²) in [6.07, 6.45) is 19.5. The van der Waals surface area contributed by atoms with Crippen molar-refractivity contribution in [3.05, 3.63) is 17.5 Å². The van der Waals surface area contributed by atoms with Crippen LogP contribution in [0.25, 0.3) is 0 Å². The summed E-state index contributed by atoms with van der Waals surface area (Å²) in [6.45, 7) is 4.16. The van der Waals surface area contributed by atoms with E-state index < -0.39 is 28.1 Å². The lowest BCUT2D eigenvalue weighted by Crippen LogP contribution is -2.52. The standard InChI is InChI=1S/C26H48N2O4S2/c1-3-4-5-6-7-8-9-10-11-12-13-14-15-16-17-18-21-27-26(30)25(23(2)29)28-34(31,32)24-20-19-22-33-24/h19-20,22-23,25,28-29H,3-18,21H2,1-2H3,(H,27,30). The molecular weight excluding hydrogens is 468 g/mol. The molecular formula is C26H48N2O4S2. The number of hydrogen-bond donors (Lipinski definition) is 3. The largest absolute Gasteiger partial charge is 0.391 e. The number of sulfonamides is 1. The smallest absolute Gasteiger partial charge is 0.250 e. The summed E-state index contributed by atoms with van der Waals surface area (Å²) in [5.74, 6) is -0.490. The fourth-order valence-corrected chi connectivity index (χ4v) is 6.29. The number of aliphatic hydroxyl groups is 1. The molecule has 2 atom stereocenters. The molecule has 0 aliphatic carbocycles. The van der Waals surface area contributed by atoms with E-state index in [1.165, 1.54) is 96.5 Å². The molecule has 1 rings (SSSR count). The van der Waals surface area contributed by atoms with Crippen molar-refractivity contribution in [2.75, 3.05) is 6.54 Å². The zero-order valence-electron chi connectivity index (χ0n) is 21.4. The molecule has 0 spiro atoms. The van der Waals surface area contributed by atoms with Gasteiger partial charge in [0.25, 0.3) is 10.0 Å². The van der Waals surface area contributed by atoms with Crippen LogP contribution in [0.1, 0.15) is 117 Å². The SMILES string of the molecule is CCCCCCCCCCCCCCCCCCNC(=O)C(NS(=O)(=O)c1cccs1)C(C)O. The van der Waals surface area contributed by atoms with E-state index in [-0.39, 0.29) is 4.21 Å². The van der Waals surface area contributed by atoms with E-state index in [0.717, 1.165) is 30.6 Å². The molecule has 1 amide bonds. The number of carbonyl (C=O) groups excluding carboxylic acids is 1. The molecule has 0 fully saturated rings. The number of unbranched alkanes of at least 4 members (excludes halogenated alkanes) is 15. The van der Waals surface area contributed by atoms with Gasteiger partial charge < -0.3 is 10.4 Å². The van der Waals surface area contributed by atoms with Gasteiger partial charge in [0.2, 0.25) is 5.91 Å². The predicted octanol–water partition coefficient (Wildman–Crippen LogP) is 6.15. The average Bonchev–Trinajstić information content (AvgIpc) is 3.35. The van der Waals surface area contributed by atoms with Crippen molar-refractivity contribution in [3.63, 3.8) is 0 Å². The Morgan fingerprint density at radius 3 is 1.76 bits per heavy atom. The van der Waals surface area contributed by atoms with Crippen LogP contribution in [-0.2, 0) is 14.8 Å². The summed E-state index contributed by atoms with van der Waals surface area (Å²) < 4.78 is 27.2. The number of thiophene rings is 1. The molecule has 6 nitrogen and oxygen atoms in total. The molecule has 0 aromatic carbocycles. The lowest BCUT2D eigenvalue weighted by molar-refractivity contribution is -0.124. The van der Waals surface area contributed by atoms with Gasteiger partial charge in [-0.25, -0.2) is 8.42 Å². The van der Waals surface area contributed by atoms with E-state index in [1.54, 1.807) is 11.4 Å². The van der Waals surface area contributed by atoms with Gasteiger partial charge in [-0.15, -0.1) is 11.3 Å². The molecule has 0 radical (unpaired) electrons. The second kappa shape index (κ2) is 19.3. The van der Waals surface area contributed by atoms with Gasteiger partial charge in [0.05, 0.1) is 6.10 Å². The average molecular weight is 517 g/mol. The topological polar surface area (TPSA) is 95.5 Å². The van der Waals surface area contributed by atoms with Gasteiger partial charge in [0.1, 0.15) is 10.3 Å². The maximum atomic E-state index is 12.4. The second-order valence-corrected chi connectivity index (χ2v) is 12.3. The highest BCUT2D eigenvalue weighted by Gasteiger charge is 2.29. The first kappa shape index (κ1) is 31.1. The van der Waals surface area contributed by atoms with E-state index in [4.69, 9.17) is 0 Å². The maximum Gasteiger partial charge on any atom is 0.250 e. The van der Waals surface area contributed by atoms with Crippen molar-refractivity contribution in [2.24, 2.45) is 0 Å². The number of nitrogens with one attached hydrogen (secondary N) is 2. The molecule has 3 N–H and O–H groups in total. The van der Waals surface area contributed by atoms with E-state index in [1.807, 2.05) is 0 Å². The van der Waals surface area contributed by atoms with Crippen LogP contribution in [0.15, 0.2) is 21.7 Å². The van der Waals surface area contributed by atoms with Gasteiger partial charge >= 0.3 is 0 Å². The molecule has 1 aromatic rings. The van der Waals surface area contributed by atoms with Gasteiger partial charge in [-0.3, -0.25) is 4.79 Å². The second-order valence-electron chi connectivity index (χ2n) is 9.37. The highest BCUT2D eigenvalue weighted by atomic mass is 32.2. The number of amides is 1. The summed E-state index contributed by atoms with van der Waals surface area (Å²) >= 11 is 1.07. The minimum absolute atomic E-state index is 0.128. The number of rotatable bonds is 22. The molecule has 198 valence electrons. The van der Waals surface area contributed by atoms with E-state index >= 15 is 0 Å². The Morgan fingerprint density at radius 2 is 1.35 bits per heavy atom. The van der Waals surface area contributed by atoms with Gasteiger partial charge in [-0.2, -0.15) is 4.72 Å². The Morgan fingerprint density at radius 1 is 0.882 bits per heavy atom. The fourth-order valence-electron chi connectivity index (χ4n) is 4.01. The highest BCUT2D eigenvalue weighted by Crippen LogP contribution is 2.17. The summed E-state index contributed by atoms with van der Waals surface area (Å²) in [5, 5.41) is 14.3. The Bertz CT molecular complexity index is 721. The number of hydrogen-bond acceptors (Lipinski definition) is 5. The minimum atomic E-state index is -3.82. The van der Waals surface area contributed by atoms with E-state index in [2.05, 4.69) is 17.0 Å². The Hall–Kier alpha value is -0.960. The summed E-state index contributed by atoms with van der Waals surface area (Å²) in [5.41, 5.74) is 0. The quantitative estimate of drug-likeness (QED) is 0.161. The molecule has 8 heteroatoms. The molecule has 34 heavy (non-hydrogen) atoms. The lowest BCUT2D eigenvalue weighted by atomic mass is 10.0. The fraction of sp³-hybridized carbons (Fsp3) is 0.808. The molecule has 1 aromatic heterocycles. The van der Waals surface area contributed by atoms with Crippen molar-refractivity contribution in [1.82, 2.24) is 10.0 Å². The monoisotopic (exact) mass is 516 g/mol. The Labute approximate surface area is 212 Å². The zero-order valence-corrected chi connectivity index (χ0v) is 23.0. The summed E-state index contributed by atoms with van der Waals surface area (Å²) in [4.78, 5) is 12.4. The Kier molecular flexibility index (Phi) is 17.6. The van der Waals surface area contributed by atoms with Crippen LogP contribution >= 0.6 is 11.3 Å². The molecule has 0 saturated heterocycles. The molecule has 0 bridgehead atoms. The maximum absolute atomic E-state index is 12.4. The molecule has 0 aliphatic rings. The molecule has 0 saturated carbocycles. The van der Waals surface area contributed by atoms with Crippen molar-refractivity contribution < 1.29 is 18.3 Å². The third-order valence-electron chi connectivity index (χ3n) is 6.14. The van der Waals surface area contributed by atoms with Crippen LogP contribution in [-0.4, -0.2) is 38.1 Å². The van der Waals surface area contributed by atoms with Crippen LogP contribution in [0.3, 0.4) is 0 Å². The van der Waals surface area contributed by atoms with Crippen LogP contribution in [0.4, 0.5) is 0 Å². The van der Waals surface area contributed by atoms with Gasteiger partial charge in [0, 0.05) is 6.54 Å². The van der Waals surface area contributed by atoms with Crippen LogP contribution in [0.2, 0.25) is 0 Å². The third kappa shape index (κ3) is 14.4. The Balaban J connectivity index is 2.01. The molecule has 1 heterocycles. The van der Waals surface area contributed by atoms with Crippen molar-refractivity contribution >= 4 is 27.3 Å². The third-order valence-corrected chi connectivity index (χ3v) is 8.98. The van der Waals surface area contributed by atoms with Gasteiger partial charge in [-0.1, -0.05) is 109 Å². The first-order valence-electron chi connectivity index (χ1n) is 13.4. The van der Waals surface area contributed by atoms with Gasteiger partial charge in [0.15, 0.2) is 0 Å². The first-order valence-corrected chi connectivity index (χ1v) is 15.8. The summed E-state index contributed by atoms with van der Waals surface area (Å²) in [7, 11) is -3.82. The van der Waals surface area contributed by atoms with Crippen LogP contribution in [0.5, 0.6) is 0 Å². The number of carbonyl (C=O) groups is 1. The predicted molar refractivity (Wildman–Crippen MR) is 143 cm³/mol.